The molecule has 0 fully saturated rings. The fraction of sp³-hybridized carbons (Fsp3) is 0.417. The molecule has 0 aromatic heterocycles. The van der Waals surface area contributed by atoms with Gasteiger partial charge in [-0.2, -0.15) is 18.4 Å². The van der Waals surface area contributed by atoms with Crippen molar-refractivity contribution in [1.29, 1.82) is 5.26 Å². The largest absolute Gasteiger partial charge is 0.405 e. The number of hydrogen-bond donors (Lipinski definition) is 1. The molecule has 0 saturated heterocycles. The van der Waals surface area contributed by atoms with Crippen molar-refractivity contribution in [1.82, 2.24) is 0 Å². The highest BCUT2D eigenvalue weighted by Crippen LogP contribution is 2.25. The van der Waals surface area contributed by atoms with Crippen LogP contribution in [0.3, 0.4) is 0 Å². The van der Waals surface area contributed by atoms with Crippen LogP contribution in [-0.4, -0.2) is 19.3 Å². The van der Waals surface area contributed by atoms with Crippen molar-refractivity contribution in [3.63, 3.8) is 0 Å². The molecule has 0 atom stereocenters. The fourth-order valence-electron chi connectivity index (χ4n) is 1.63. The molecule has 0 unspecified atom stereocenters. The van der Waals surface area contributed by atoms with Gasteiger partial charge in [0.15, 0.2) is 0 Å². The molecule has 6 heteroatoms. The maximum absolute atomic E-state index is 12.4. The summed E-state index contributed by atoms with van der Waals surface area (Å²) in [5, 5.41) is 8.62. The van der Waals surface area contributed by atoms with Gasteiger partial charge in [-0.25, -0.2) is 0 Å². The number of nitriles is 1. The molecule has 0 saturated carbocycles. The van der Waals surface area contributed by atoms with Gasteiger partial charge in [0.1, 0.15) is 6.54 Å². The van der Waals surface area contributed by atoms with Crippen LogP contribution in [0.15, 0.2) is 18.2 Å². The molecule has 0 spiro atoms. The second kappa shape index (κ2) is 5.63. The highest BCUT2D eigenvalue weighted by molar-refractivity contribution is 5.59. The first-order chi connectivity index (χ1) is 8.37. The first kappa shape index (κ1) is 14.2. The van der Waals surface area contributed by atoms with E-state index in [0.717, 1.165) is 0 Å². The average Bonchev–Trinajstić information content (AvgIpc) is 2.28. The Labute approximate surface area is 104 Å². The summed E-state index contributed by atoms with van der Waals surface area (Å²) in [6.07, 6.45) is -4.17. The third kappa shape index (κ3) is 3.84. The highest BCUT2D eigenvalue weighted by Gasteiger charge is 2.30. The SMILES string of the molecule is CCN(CC(F)(F)F)c1ccc(N)c(CC#N)c1. The quantitative estimate of drug-likeness (QED) is 0.844. The van der Waals surface area contributed by atoms with E-state index in [-0.39, 0.29) is 13.0 Å². The topological polar surface area (TPSA) is 53.0 Å². The number of anilines is 2. The van der Waals surface area contributed by atoms with Crippen LogP contribution in [0.4, 0.5) is 24.5 Å². The lowest BCUT2D eigenvalue weighted by Gasteiger charge is -2.25. The molecule has 1 rings (SSSR count). The van der Waals surface area contributed by atoms with Gasteiger partial charge in [0.25, 0.3) is 0 Å². The summed E-state index contributed by atoms with van der Waals surface area (Å²) < 4.78 is 37.2. The van der Waals surface area contributed by atoms with Gasteiger partial charge in [-0.05, 0) is 30.7 Å². The van der Waals surface area contributed by atoms with E-state index < -0.39 is 12.7 Å². The van der Waals surface area contributed by atoms with Gasteiger partial charge >= 0.3 is 6.18 Å². The summed E-state index contributed by atoms with van der Waals surface area (Å²) in [6.45, 7) is 0.862. The minimum atomic E-state index is -4.26. The van der Waals surface area contributed by atoms with Crippen molar-refractivity contribution in [2.45, 2.75) is 19.5 Å². The van der Waals surface area contributed by atoms with E-state index in [1.807, 2.05) is 6.07 Å². The number of rotatable bonds is 4. The van der Waals surface area contributed by atoms with Gasteiger partial charge in [-0.15, -0.1) is 0 Å². The Kier molecular flexibility index (Phi) is 4.43. The first-order valence-corrected chi connectivity index (χ1v) is 5.44. The number of nitrogens with zero attached hydrogens (tertiary/aromatic N) is 2. The van der Waals surface area contributed by atoms with Gasteiger partial charge in [0.2, 0.25) is 0 Å². The van der Waals surface area contributed by atoms with E-state index >= 15 is 0 Å². The number of nitrogens with two attached hydrogens (primary N) is 1. The predicted octanol–water partition coefficient (Wildman–Crippen LogP) is 2.72. The van der Waals surface area contributed by atoms with Crippen LogP contribution in [0, 0.1) is 11.3 Å². The Balaban J connectivity index is 3.00. The van der Waals surface area contributed by atoms with Crippen LogP contribution >= 0.6 is 0 Å². The molecule has 18 heavy (non-hydrogen) atoms. The van der Waals surface area contributed by atoms with Gasteiger partial charge in [-0.3, -0.25) is 0 Å². The van der Waals surface area contributed by atoms with Gasteiger partial charge in [-0.1, -0.05) is 0 Å². The van der Waals surface area contributed by atoms with Crippen molar-refractivity contribution >= 4 is 11.4 Å². The van der Waals surface area contributed by atoms with Crippen molar-refractivity contribution in [2.24, 2.45) is 0 Å². The number of alkyl halides is 3. The Morgan fingerprint density at radius 3 is 2.56 bits per heavy atom. The van der Waals surface area contributed by atoms with Crippen LogP contribution in [0.1, 0.15) is 12.5 Å². The molecule has 2 N–H and O–H groups in total. The lowest BCUT2D eigenvalue weighted by molar-refractivity contribution is -0.119. The Bertz CT molecular complexity index is 449. The minimum Gasteiger partial charge on any atom is -0.398 e. The van der Waals surface area contributed by atoms with E-state index in [4.69, 9.17) is 11.0 Å². The van der Waals surface area contributed by atoms with Crippen LogP contribution in [-0.2, 0) is 6.42 Å². The average molecular weight is 257 g/mol. The molecule has 0 radical (unpaired) electrons. The van der Waals surface area contributed by atoms with Crippen molar-refractivity contribution in [2.75, 3.05) is 23.7 Å². The highest BCUT2D eigenvalue weighted by atomic mass is 19.4. The lowest BCUT2D eigenvalue weighted by atomic mass is 10.1. The molecule has 1 aromatic rings. The minimum absolute atomic E-state index is 0.0866. The molecule has 0 amide bonds. The summed E-state index contributed by atoms with van der Waals surface area (Å²) in [5.74, 6) is 0. The Morgan fingerprint density at radius 1 is 1.39 bits per heavy atom. The van der Waals surface area contributed by atoms with E-state index in [0.29, 0.717) is 16.9 Å². The van der Waals surface area contributed by atoms with Crippen LogP contribution in [0.5, 0.6) is 0 Å². The molecule has 0 aliphatic carbocycles. The fourth-order valence-corrected chi connectivity index (χ4v) is 1.63. The predicted molar refractivity (Wildman–Crippen MR) is 64.1 cm³/mol. The molecule has 3 nitrogen and oxygen atoms in total. The summed E-state index contributed by atoms with van der Waals surface area (Å²) in [7, 11) is 0. The zero-order valence-corrected chi connectivity index (χ0v) is 9.96. The molecule has 0 aliphatic heterocycles. The standard InChI is InChI=1S/C12H14F3N3/c1-2-18(8-12(13,14)15)10-3-4-11(17)9(7-10)5-6-16/h3-4,7H,2,5,8,17H2,1H3. The van der Waals surface area contributed by atoms with Crippen molar-refractivity contribution in [3.05, 3.63) is 23.8 Å². The monoisotopic (exact) mass is 257 g/mol. The van der Waals surface area contributed by atoms with Crippen molar-refractivity contribution < 1.29 is 13.2 Å². The number of nitrogen functional groups attached to an aromatic ring is 1. The van der Waals surface area contributed by atoms with Crippen molar-refractivity contribution in [3.8, 4) is 6.07 Å². The maximum Gasteiger partial charge on any atom is 0.405 e. The smallest absolute Gasteiger partial charge is 0.398 e. The summed E-state index contributed by atoms with van der Waals surface area (Å²) >= 11 is 0. The second-order valence-corrected chi connectivity index (χ2v) is 3.85. The van der Waals surface area contributed by atoms with Crippen LogP contribution < -0.4 is 10.6 Å². The lowest BCUT2D eigenvalue weighted by Crippen LogP contribution is -2.34. The molecule has 0 heterocycles. The zero-order valence-electron chi connectivity index (χ0n) is 9.96. The molecule has 0 bridgehead atoms. The molecule has 98 valence electrons. The molecule has 1 aromatic carbocycles. The normalized spacial score (nSPS) is 11.1. The third-order valence-corrected chi connectivity index (χ3v) is 2.51. The summed E-state index contributed by atoms with van der Waals surface area (Å²) in [5.41, 5.74) is 7.05. The van der Waals surface area contributed by atoms with Gasteiger partial charge in [0.05, 0.1) is 12.5 Å². The summed E-state index contributed by atoms with van der Waals surface area (Å²) in [4.78, 5) is 1.19. The zero-order chi connectivity index (χ0) is 13.8. The first-order valence-electron chi connectivity index (χ1n) is 5.44. The molecule has 0 aliphatic rings. The Morgan fingerprint density at radius 2 is 2.06 bits per heavy atom. The van der Waals surface area contributed by atoms with Gasteiger partial charge in [0, 0.05) is 17.9 Å². The third-order valence-electron chi connectivity index (χ3n) is 2.51. The number of benzene rings is 1. The van der Waals surface area contributed by atoms with Gasteiger partial charge < -0.3 is 10.6 Å². The van der Waals surface area contributed by atoms with Crippen LogP contribution in [0.2, 0.25) is 0 Å². The van der Waals surface area contributed by atoms with E-state index in [1.54, 1.807) is 6.92 Å². The van der Waals surface area contributed by atoms with E-state index in [9.17, 15) is 13.2 Å². The van der Waals surface area contributed by atoms with E-state index in [2.05, 4.69) is 0 Å². The number of halogens is 3. The summed E-state index contributed by atoms with van der Waals surface area (Å²) in [6, 6.07) is 6.53. The molecular weight excluding hydrogens is 243 g/mol. The maximum atomic E-state index is 12.4. The van der Waals surface area contributed by atoms with Crippen LogP contribution in [0.25, 0.3) is 0 Å². The van der Waals surface area contributed by atoms with E-state index in [1.165, 1.54) is 23.1 Å². The Hall–Kier alpha value is -1.90. The molecular formula is C12H14F3N3. The number of hydrogen-bond acceptors (Lipinski definition) is 3. The second-order valence-electron chi connectivity index (χ2n) is 3.85.